The van der Waals surface area contributed by atoms with E-state index in [2.05, 4.69) is 0 Å². The molecule has 0 saturated heterocycles. The van der Waals surface area contributed by atoms with Gasteiger partial charge in [-0.25, -0.2) is 0 Å². The van der Waals surface area contributed by atoms with Gasteiger partial charge in [0, 0.05) is 0 Å². The van der Waals surface area contributed by atoms with Crippen LogP contribution in [0.3, 0.4) is 0 Å². The van der Waals surface area contributed by atoms with E-state index in [9.17, 15) is 0 Å². The normalized spacial score (nSPS) is 1.75. The van der Waals surface area contributed by atoms with Crippen LogP contribution in [0.2, 0.25) is 0 Å². The van der Waals surface area contributed by atoms with Crippen LogP contribution in [-0.4, -0.2) is 11.0 Å². The van der Waals surface area contributed by atoms with Crippen molar-refractivity contribution in [2.45, 2.75) is 0 Å². The van der Waals surface area contributed by atoms with Crippen LogP contribution in [0.5, 0.6) is 0 Å². The molecule has 0 heterocycles. The van der Waals surface area contributed by atoms with Gasteiger partial charge in [0.1, 0.15) is 0 Å². The van der Waals surface area contributed by atoms with E-state index in [1.807, 2.05) is 0 Å². The minimum absolute atomic E-state index is 0. The average molecular weight is 137 g/mol. The van der Waals surface area contributed by atoms with Gasteiger partial charge in [-0.1, -0.05) is 0 Å². The van der Waals surface area contributed by atoms with Gasteiger partial charge in [0.25, 0.3) is 0 Å². The quantitative estimate of drug-likeness (QED) is 0.386. The van der Waals surface area contributed by atoms with Gasteiger partial charge in [-0.05, 0) is 0 Å². The molecule has 0 aliphatic carbocycles. The van der Waals surface area contributed by atoms with Crippen molar-refractivity contribution >= 4 is 9.69 Å². The van der Waals surface area contributed by atoms with E-state index < -0.39 is 0 Å². The van der Waals surface area contributed by atoms with Crippen LogP contribution in [0.15, 0.2) is 0 Å². The zero-order chi connectivity index (χ0) is 2.00. The van der Waals surface area contributed by atoms with E-state index in [0.29, 0.717) is 0 Å². The topological polar surface area (TPSA) is 63.0 Å². The molecule has 0 aromatic carbocycles. The molecule has 0 fully saturated rings. The summed E-state index contributed by atoms with van der Waals surface area (Å²) in [5.41, 5.74) is 0. The van der Waals surface area contributed by atoms with E-state index in [0.717, 1.165) is 17.3 Å². The maximum atomic E-state index is 4.76. The molecule has 0 bridgehead atoms. The van der Waals surface area contributed by atoms with Crippen LogP contribution in [-0.2, 0) is 17.3 Å². The fraction of sp³-hybridized carbons (Fsp3) is 0. The molecule has 25 valence electrons. The van der Waals surface area contributed by atoms with Gasteiger partial charge in [-0.3, -0.25) is 0 Å². The van der Waals surface area contributed by atoms with Crippen molar-refractivity contribution in [3.63, 3.8) is 0 Å². The molecule has 0 aliphatic heterocycles. The van der Waals surface area contributed by atoms with Gasteiger partial charge in [0.15, 0.2) is 0 Å². The molecular formula is H4ClO2Zn. The SMILES string of the molecule is O.O.[Cl][Zn]. The fourth-order valence-corrected chi connectivity index (χ4v) is 0. The summed E-state index contributed by atoms with van der Waals surface area (Å²) in [6.07, 6.45) is 0. The third kappa shape index (κ3) is 13.7. The molecule has 0 aromatic heterocycles. The molecule has 0 aliphatic rings. The first-order valence-electron chi connectivity index (χ1n) is 0.267. The molecule has 0 atom stereocenters. The Bertz CT molecular complexity index is 6.00. The molecule has 2 nitrogen and oxygen atoms in total. The van der Waals surface area contributed by atoms with Crippen molar-refractivity contribution in [2.75, 3.05) is 0 Å². The summed E-state index contributed by atoms with van der Waals surface area (Å²) in [6.45, 7) is 0. The third-order valence-electron chi connectivity index (χ3n) is 0. The molecule has 4 heteroatoms. The van der Waals surface area contributed by atoms with Crippen molar-refractivity contribution in [3.05, 3.63) is 0 Å². The Morgan fingerprint density at radius 1 is 1.00 bits per heavy atom. The van der Waals surface area contributed by atoms with Crippen LogP contribution >= 0.6 is 9.69 Å². The Morgan fingerprint density at radius 2 is 1.00 bits per heavy atom. The second-order valence-electron chi connectivity index (χ2n) is 0. The molecule has 0 aromatic rings. The monoisotopic (exact) mass is 135 g/mol. The summed E-state index contributed by atoms with van der Waals surface area (Å²) >= 11 is 0.847. The van der Waals surface area contributed by atoms with E-state index >= 15 is 0 Å². The zero-order valence-corrected chi connectivity index (χ0v) is 5.81. The maximum absolute atomic E-state index is 4.76. The first-order valence-corrected chi connectivity index (χ1v) is 4.17. The fourth-order valence-electron chi connectivity index (χ4n) is 0. The predicted molar refractivity (Wildman–Crippen MR) is 13.1 cm³/mol. The number of hydrogen-bond acceptors (Lipinski definition) is 0. The van der Waals surface area contributed by atoms with Crippen molar-refractivity contribution in [3.8, 4) is 0 Å². The molecule has 0 saturated carbocycles. The van der Waals surface area contributed by atoms with Crippen molar-refractivity contribution in [1.29, 1.82) is 0 Å². The standard InChI is InChI=1S/ClH.2H2O.Zn/h1H;2*1H2;/q;;;+1/p-1. The van der Waals surface area contributed by atoms with E-state index in [1.54, 1.807) is 0 Å². The summed E-state index contributed by atoms with van der Waals surface area (Å²) in [5, 5.41) is 0. The molecule has 0 rings (SSSR count). The van der Waals surface area contributed by atoms with E-state index in [1.165, 1.54) is 0 Å². The summed E-state index contributed by atoms with van der Waals surface area (Å²) in [6, 6.07) is 0. The van der Waals surface area contributed by atoms with Gasteiger partial charge >= 0.3 is 27.0 Å². The molecule has 0 spiro atoms. The van der Waals surface area contributed by atoms with E-state index in [4.69, 9.17) is 9.69 Å². The molecular weight excluding hydrogens is 133 g/mol. The molecule has 0 unspecified atom stereocenters. The Morgan fingerprint density at radius 3 is 1.00 bits per heavy atom. The summed E-state index contributed by atoms with van der Waals surface area (Å²) in [5.74, 6) is 0. The Balaban J connectivity index is -0.00000000500. The van der Waals surface area contributed by atoms with E-state index in [-0.39, 0.29) is 11.0 Å². The van der Waals surface area contributed by atoms with Crippen molar-refractivity contribution in [2.24, 2.45) is 0 Å². The predicted octanol–water partition coefficient (Wildman–Crippen LogP) is -0.962. The molecule has 4 heavy (non-hydrogen) atoms. The van der Waals surface area contributed by atoms with Gasteiger partial charge in [-0.15, -0.1) is 0 Å². The molecule has 4 N–H and O–H groups in total. The van der Waals surface area contributed by atoms with Crippen LogP contribution < -0.4 is 0 Å². The summed E-state index contributed by atoms with van der Waals surface area (Å²) < 4.78 is 0. The summed E-state index contributed by atoms with van der Waals surface area (Å²) in [4.78, 5) is 0. The first kappa shape index (κ1) is 21.1. The van der Waals surface area contributed by atoms with Gasteiger partial charge in [0.2, 0.25) is 0 Å². The van der Waals surface area contributed by atoms with Crippen LogP contribution in [0.4, 0.5) is 0 Å². The summed E-state index contributed by atoms with van der Waals surface area (Å²) in [7, 11) is 4.76. The van der Waals surface area contributed by atoms with Crippen LogP contribution in [0.1, 0.15) is 0 Å². The minimum atomic E-state index is 0. The van der Waals surface area contributed by atoms with Crippen molar-refractivity contribution in [1.82, 2.24) is 0 Å². The second-order valence-corrected chi connectivity index (χ2v) is 0. The zero-order valence-electron chi connectivity index (χ0n) is 2.09. The molecule has 0 radical (unpaired) electrons. The third-order valence-corrected chi connectivity index (χ3v) is 0. The second kappa shape index (κ2) is 44.3. The Labute approximate surface area is 38.5 Å². The van der Waals surface area contributed by atoms with Crippen molar-refractivity contribution < 1.29 is 28.3 Å². The average Bonchev–Trinajstić information content (AvgIpc) is 1.00. The van der Waals surface area contributed by atoms with Crippen LogP contribution in [0, 0.1) is 0 Å². The molecule has 0 amide bonds. The number of rotatable bonds is 0. The number of halogens is 1. The Hall–Kier alpha value is 0.833. The van der Waals surface area contributed by atoms with Gasteiger partial charge in [-0.2, -0.15) is 0 Å². The first-order chi connectivity index (χ1) is 1.00. The van der Waals surface area contributed by atoms with Gasteiger partial charge in [0.05, 0.1) is 0 Å². The van der Waals surface area contributed by atoms with Crippen LogP contribution in [0.25, 0.3) is 0 Å². The van der Waals surface area contributed by atoms with Gasteiger partial charge < -0.3 is 11.0 Å². The Kier molecular flexibility index (Phi) is 234. The number of hydrogen-bond donors (Lipinski definition) is 0.